The number of furan rings is 4. The van der Waals surface area contributed by atoms with Gasteiger partial charge in [0.2, 0.25) is 0 Å². The number of hydrogen-bond donors (Lipinski definition) is 0. The standard InChI is InChI=1S/C70H41N3O4/c1-2-12-44(13-3-1)73-61-36-43-34-45(71(47-25-30-56-52-14-4-8-18-63(52)74-67(56)38-47)48-26-31-57-53-15-5-9-19-64(53)75-68(57)39-48)23-22-42(43)35-60(61)51-29-24-46(37-62(51)73)72(49-27-32-58-54-16-6-10-20-65(54)76-69(58)40-49)50-28-33-59-55-17-7-11-21-66(55)77-70(59)41-50/h1-41H. The van der Waals surface area contributed by atoms with Gasteiger partial charge in [-0.3, -0.25) is 0 Å². The van der Waals surface area contributed by atoms with Gasteiger partial charge in [0.15, 0.2) is 0 Å². The van der Waals surface area contributed by atoms with Crippen LogP contribution in [0.3, 0.4) is 0 Å². The molecular formula is C70H41N3O4. The van der Waals surface area contributed by atoms with Crippen LogP contribution in [0.15, 0.2) is 266 Å². The van der Waals surface area contributed by atoms with Gasteiger partial charge in [0.1, 0.15) is 44.7 Å². The van der Waals surface area contributed by atoms with E-state index in [1.54, 1.807) is 0 Å². The van der Waals surface area contributed by atoms with Crippen LogP contribution in [0.4, 0.5) is 34.1 Å². The third-order valence-corrected chi connectivity index (χ3v) is 15.7. The summed E-state index contributed by atoms with van der Waals surface area (Å²) in [6.07, 6.45) is 0. The third kappa shape index (κ3) is 6.38. The Morgan fingerprint density at radius 1 is 0.221 bits per heavy atom. The molecule has 77 heavy (non-hydrogen) atoms. The molecule has 5 aromatic heterocycles. The van der Waals surface area contributed by atoms with E-state index in [-0.39, 0.29) is 0 Å². The third-order valence-electron chi connectivity index (χ3n) is 15.7. The summed E-state index contributed by atoms with van der Waals surface area (Å²) in [5.74, 6) is 0. The van der Waals surface area contributed by atoms with Gasteiger partial charge in [-0.1, -0.05) is 103 Å². The molecule has 0 radical (unpaired) electrons. The maximum absolute atomic E-state index is 6.52. The molecule has 0 aliphatic carbocycles. The maximum atomic E-state index is 6.52. The molecule has 0 spiro atoms. The molecule has 0 aliphatic rings. The minimum absolute atomic E-state index is 0.827. The molecule has 0 atom stereocenters. The van der Waals surface area contributed by atoms with Crippen molar-refractivity contribution in [3.63, 3.8) is 0 Å². The van der Waals surface area contributed by atoms with E-state index in [9.17, 15) is 0 Å². The first kappa shape index (κ1) is 41.9. The Kier molecular flexibility index (Phi) is 8.71. The lowest BCUT2D eigenvalue weighted by atomic mass is 10.0. The monoisotopic (exact) mass is 987 g/mol. The lowest BCUT2D eigenvalue weighted by Gasteiger charge is -2.26. The fourth-order valence-electron chi connectivity index (χ4n) is 12.2. The molecule has 0 amide bonds. The predicted molar refractivity (Wildman–Crippen MR) is 317 cm³/mol. The fraction of sp³-hybridized carbons (Fsp3) is 0. The molecule has 7 heteroatoms. The summed E-state index contributed by atoms with van der Waals surface area (Å²) < 4.78 is 28.4. The largest absolute Gasteiger partial charge is 0.456 e. The molecule has 17 rings (SSSR count). The van der Waals surface area contributed by atoms with Crippen LogP contribution in [0.25, 0.3) is 126 Å². The summed E-state index contributed by atoms with van der Waals surface area (Å²) in [6.45, 7) is 0. The Bertz CT molecular complexity index is 5040. The van der Waals surface area contributed by atoms with Crippen molar-refractivity contribution in [1.29, 1.82) is 0 Å². The highest BCUT2D eigenvalue weighted by Crippen LogP contribution is 2.46. The number of fused-ring (bicyclic) bond motifs is 16. The van der Waals surface area contributed by atoms with E-state index in [4.69, 9.17) is 17.7 Å². The summed E-state index contributed by atoms with van der Waals surface area (Å²) in [4.78, 5) is 4.62. The minimum Gasteiger partial charge on any atom is -0.456 e. The summed E-state index contributed by atoms with van der Waals surface area (Å²) >= 11 is 0. The quantitative estimate of drug-likeness (QED) is 0.159. The van der Waals surface area contributed by atoms with Gasteiger partial charge in [0.05, 0.1) is 11.0 Å². The number of rotatable bonds is 7. The van der Waals surface area contributed by atoms with Gasteiger partial charge in [-0.25, -0.2) is 0 Å². The van der Waals surface area contributed by atoms with Crippen molar-refractivity contribution in [2.45, 2.75) is 0 Å². The fourth-order valence-corrected chi connectivity index (χ4v) is 12.2. The van der Waals surface area contributed by atoms with Gasteiger partial charge in [0, 0.05) is 118 Å². The number of aromatic nitrogens is 1. The van der Waals surface area contributed by atoms with E-state index >= 15 is 0 Å². The van der Waals surface area contributed by atoms with Crippen LogP contribution in [-0.4, -0.2) is 4.57 Å². The van der Waals surface area contributed by atoms with Crippen molar-refractivity contribution < 1.29 is 17.7 Å². The molecule has 0 saturated carbocycles. The number of nitrogens with zero attached hydrogens (tertiary/aromatic N) is 3. The normalized spacial score (nSPS) is 12.2. The Labute approximate surface area is 438 Å². The zero-order valence-electron chi connectivity index (χ0n) is 41.1. The first-order valence-electron chi connectivity index (χ1n) is 25.9. The van der Waals surface area contributed by atoms with Crippen molar-refractivity contribution in [2.75, 3.05) is 9.80 Å². The number of anilines is 6. The summed E-state index contributed by atoms with van der Waals surface area (Å²) in [5.41, 5.74) is 15.9. The van der Waals surface area contributed by atoms with Gasteiger partial charge >= 0.3 is 0 Å². The molecule has 0 aliphatic heterocycles. The van der Waals surface area contributed by atoms with Crippen molar-refractivity contribution >= 4 is 154 Å². The molecule has 17 aromatic rings. The predicted octanol–water partition coefficient (Wildman–Crippen LogP) is 20.5. The van der Waals surface area contributed by atoms with Crippen molar-refractivity contribution in [3.8, 4) is 5.69 Å². The van der Waals surface area contributed by atoms with Crippen molar-refractivity contribution in [1.82, 2.24) is 4.57 Å². The van der Waals surface area contributed by atoms with Crippen LogP contribution in [0.1, 0.15) is 0 Å². The second kappa shape index (κ2) is 16.0. The first-order valence-corrected chi connectivity index (χ1v) is 25.9. The van der Waals surface area contributed by atoms with E-state index in [1.165, 1.54) is 0 Å². The minimum atomic E-state index is 0.827. The molecule has 0 unspecified atom stereocenters. The van der Waals surface area contributed by atoms with Crippen LogP contribution in [-0.2, 0) is 0 Å². The van der Waals surface area contributed by atoms with Crippen molar-refractivity contribution in [3.05, 3.63) is 249 Å². The number of hydrogen-bond acceptors (Lipinski definition) is 6. The van der Waals surface area contributed by atoms with Gasteiger partial charge in [-0.15, -0.1) is 0 Å². The number of para-hydroxylation sites is 5. The zero-order chi connectivity index (χ0) is 50.3. The van der Waals surface area contributed by atoms with Gasteiger partial charge in [-0.05, 0) is 132 Å². The number of benzene rings is 12. The Morgan fingerprint density at radius 3 is 1.00 bits per heavy atom. The average molecular weight is 988 g/mol. The van der Waals surface area contributed by atoms with Gasteiger partial charge in [0.25, 0.3) is 0 Å². The molecule has 0 fully saturated rings. The summed E-state index contributed by atoms with van der Waals surface area (Å²) in [7, 11) is 0. The Balaban J connectivity index is 0.864. The van der Waals surface area contributed by atoms with E-state index in [0.29, 0.717) is 0 Å². The molecule has 12 aromatic carbocycles. The molecular weight excluding hydrogens is 947 g/mol. The lowest BCUT2D eigenvalue weighted by Crippen LogP contribution is -2.10. The molecule has 360 valence electrons. The van der Waals surface area contributed by atoms with Crippen LogP contribution in [0.2, 0.25) is 0 Å². The van der Waals surface area contributed by atoms with E-state index < -0.39 is 0 Å². The first-order chi connectivity index (χ1) is 38.1. The SMILES string of the molecule is c1ccc(-n2c3cc(N(c4ccc5c(c4)oc4ccccc45)c4ccc5c(c4)oc4ccccc45)ccc3c3cc4ccc(N(c5ccc6c(c5)oc5ccccc56)c5ccc6c(c5)oc5ccccc56)cc4cc32)cc1. The summed E-state index contributed by atoms with van der Waals surface area (Å²) in [6, 6.07) is 88.1. The van der Waals surface area contributed by atoms with Crippen LogP contribution >= 0.6 is 0 Å². The van der Waals surface area contributed by atoms with Gasteiger partial charge in [-0.2, -0.15) is 0 Å². The molecule has 5 heterocycles. The van der Waals surface area contributed by atoms with E-state index in [0.717, 1.165) is 160 Å². The van der Waals surface area contributed by atoms with E-state index in [1.807, 2.05) is 48.5 Å². The second-order valence-corrected chi connectivity index (χ2v) is 20.1. The highest BCUT2D eigenvalue weighted by molar-refractivity contribution is 6.16. The highest BCUT2D eigenvalue weighted by Gasteiger charge is 2.23. The molecule has 0 saturated heterocycles. The lowest BCUT2D eigenvalue weighted by molar-refractivity contribution is 0.668. The molecule has 7 nitrogen and oxygen atoms in total. The van der Waals surface area contributed by atoms with E-state index in [2.05, 4.69) is 215 Å². The van der Waals surface area contributed by atoms with Crippen molar-refractivity contribution in [2.24, 2.45) is 0 Å². The van der Waals surface area contributed by atoms with Gasteiger partial charge < -0.3 is 32.0 Å². The van der Waals surface area contributed by atoms with Crippen LogP contribution in [0.5, 0.6) is 0 Å². The second-order valence-electron chi connectivity index (χ2n) is 20.1. The summed E-state index contributed by atoms with van der Waals surface area (Å²) in [5, 5.41) is 13.3. The molecule has 0 N–H and O–H groups in total. The maximum Gasteiger partial charge on any atom is 0.137 e. The molecule has 0 bridgehead atoms. The highest BCUT2D eigenvalue weighted by atomic mass is 16.3. The van der Waals surface area contributed by atoms with Crippen LogP contribution in [0, 0.1) is 0 Å². The average Bonchev–Trinajstić information content (AvgIpc) is 4.45. The Hall–Kier alpha value is -10.5. The van der Waals surface area contributed by atoms with Crippen LogP contribution < -0.4 is 9.80 Å². The topological polar surface area (TPSA) is 64.0 Å². The zero-order valence-corrected chi connectivity index (χ0v) is 41.1. The Morgan fingerprint density at radius 2 is 0.558 bits per heavy atom. The smallest absolute Gasteiger partial charge is 0.137 e.